The molecule has 5 nitrogen and oxygen atoms in total. The zero-order valence-corrected chi connectivity index (χ0v) is 16.0. The number of hydrogen-bond donors (Lipinski definition) is 0. The number of benzene rings is 2. The Hall–Kier alpha value is -3.02. The number of halogens is 1. The van der Waals surface area contributed by atoms with Crippen molar-refractivity contribution in [3.63, 3.8) is 0 Å². The third kappa shape index (κ3) is 3.81. The number of hydrogen-bond acceptors (Lipinski definition) is 3. The number of methoxy groups -OCH3 is 1. The molecule has 0 aliphatic carbocycles. The van der Waals surface area contributed by atoms with Crippen LogP contribution in [-0.2, 0) is 11.3 Å². The number of aromatic nitrogens is 1. The maximum atomic E-state index is 13.2. The van der Waals surface area contributed by atoms with Gasteiger partial charge in [-0.25, -0.2) is 4.39 Å². The van der Waals surface area contributed by atoms with Crippen LogP contribution in [0.25, 0.3) is 10.9 Å². The molecule has 1 aromatic heterocycles. The lowest BCUT2D eigenvalue weighted by molar-refractivity contribution is -0.131. The minimum Gasteiger partial charge on any atom is -0.497 e. The van der Waals surface area contributed by atoms with Crippen LogP contribution in [-0.4, -0.2) is 48.7 Å². The van der Waals surface area contributed by atoms with Crippen molar-refractivity contribution in [3.8, 4) is 5.75 Å². The molecule has 3 aromatic rings. The van der Waals surface area contributed by atoms with E-state index in [4.69, 9.17) is 4.74 Å². The highest BCUT2D eigenvalue weighted by molar-refractivity contribution is 5.84. The van der Waals surface area contributed by atoms with Crippen LogP contribution in [0.4, 0.5) is 10.1 Å². The summed E-state index contributed by atoms with van der Waals surface area (Å²) >= 11 is 0. The molecule has 0 saturated carbocycles. The van der Waals surface area contributed by atoms with Crippen molar-refractivity contribution in [1.82, 2.24) is 9.47 Å². The van der Waals surface area contributed by atoms with Gasteiger partial charge in [0.1, 0.15) is 18.1 Å². The van der Waals surface area contributed by atoms with Gasteiger partial charge in [0.05, 0.1) is 7.11 Å². The molecule has 4 rings (SSSR count). The highest BCUT2D eigenvalue weighted by Gasteiger charge is 2.20. The van der Waals surface area contributed by atoms with E-state index in [0.29, 0.717) is 13.1 Å². The predicted octanol–water partition coefficient (Wildman–Crippen LogP) is 3.53. The minimum atomic E-state index is -0.230. The number of rotatable bonds is 4. The maximum absolute atomic E-state index is 13.2. The second-order valence-electron chi connectivity index (χ2n) is 7.07. The average molecular weight is 381 g/mol. The zero-order valence-electron chi connectivity index (χ0n) is 16.0. The molecule has 1 amide bonds. The molecule has 1 fully saturated rings. The molecule has 0 N–H and O–H groups in total. The molecule has 6 heteroatoms. The summed E-state index contributed by atoms with van der Waals surface area (Å²) in [7, 11) is 1.65. The van der Waals surface area contributed by atoms with E-state index in [1.165, 1.54) is 12.1 Å². The molecular formula is C22H24FN3O2. The second-order valence-corrected chi connectivity index (χ2v) is 7.07. The summed E-state index contributed by atoms with van der Waals surface area (Å²) in [5, 5.41) is 1.06. The van der Waals surface area contributed by atoms with Gasteiger partial charge in [0.15, 0.2) is 0 Å². The Morgan fingerprint density at radius 1 is 1.04 bits per heavy atom. The van der Waals surface area contributed by atoms with Crippen molar-refractivity contribution >= 4 is 22.5 Å². The van der Waals surface area contributed by atoms with Crippen molar-refractivity contribution in [1.29, 1.82) is 0 Å². The molecule has 1 saturated heterocycles. The predicted molar refractivity (Wildman–Crippen MR) is 108 cm³/mol. The molecule has 0 atom stereocenters. The molecule has 1 aliphatic rings. The monoisotopic (exact) mass is 381 g/mol. The first-order valence-electron chi connectivity index (χ1n) is 9.55. The SMILES string of the molecule is COc1ccc2c(ccn2CC(=O)N2CCCN(c3ccc(F)cc3)CC2)c1. The topological polar surface area (TPSA) is 37.7 Å². The number of ether oxygens (including phenoxy) is 1. The third-order valence-electron chi connectivity index (χ3n) is 5.32. The van der Waals surface area contributed by atoms with Crippen molar-refractivity contribution in [3.05, 3.63) is 60.5 Å². The van der Waals surface area contributed by atoms with Crippen LogP contribution >= 0.6 is 0 Å². The van der Waals surface area contributed by atoms with Crippen molar-refractivity contribution in [2.75, 3.05) is 38.2 Å². The molecule has 0 spiro atoms. The maximum Gasteiger partial charge on any atom is 0.242 e. The first-order chi connectivity index (χ1) is 13.6. The lowest BCUT2D eigenvalue weighted by atomic mass is 10.2. The fraction of sp³-hybridized carbons (Fsp3) is 0.318. The average Bonchev–Trinajstić information content (AvgIpc) is 2.94. The number of anilines is 1. The summed E-state index contributed by atoms with van der Waals surface area (Å²) < 4.78 is 20.4. The van der Waals surface area contributed by atoms with Gasteiger partial charge in [0.2, 0.25) is 5.91 Å². The van der Waals surface area contributed by atoms with E-state index in [1.807, 2.05) is 39.9 Å². The van der Waals surface area contributed by atoms with Gasteiger partial charge in [0, 0.05) is 49.0 Å². The van der Waals surface area contributed by atoms with Gasteiger partial charge in [-0.15, -0.1) is 0 Å². The molecule has 2 aromatic carbocycles. The number of carbonyl (C=O) groups is 1. The smallest absolute Gasteiger partial charge is 0.242 e. The normalized spacial score (nSPS) is 14.9. The second kappa shape index (κ2) is 7.92. The van der Waals surface area contributed by atoms with Gasteiger partial charge in [-0.1, -0.05) is 0 Å². The van der Waals surface area contributed by atoms with Gasteiger partial charge in [0.25, 0.3) is 0 Å². The van der Waals surface area contributed by atoms with Gasteiger partial charge >= 0.3 is 0 Å². The fourth-order valence-corrected chi connectivity index (χ4v) is 3.77. The van der Waals surface area contributed by atoms with Crippen LogP contribution in [0.1, 0.15) is 6.42 Å². The van der Waals surface area contributed by atoms with E-state index < -0.39 is 0 Å². The molecular weight excluding hydrogens is 357 g/mol. The van der Waals surface area contributed by atoms with Crippen LogP contribution < -0.4 is 9.64 Å². The first kappa shape index (κ1) is 18.3. The Morgan fingerprint density at radius 2 is 1.86 bits per heavy atom. The van der Waals surface area contributed by atoms with Crippen LogP contribution in [0.15, 0.2) is 54.7 Å². The number of amides is 1. The Labute approximate surface area is 163 Å². The van der Waals surface area contributed by atoms with E-state index in [9.17, 15) is 9.18 Å². The van der Waals surface area contributed by atoms with Gasteiger partial charge in [-0.05, 0) is 55.0 Å². The molecule has 0 radical (unpaired) electrons. The van der Waals surface area contributed by atoms with E-state index in [1.54, 1.807) is 19.2 Å². The largest absolute Gasteiger partial charge is 0.497 e. The Balaban J connectivity index is 1.42. The summed E-state index contributed by atoms with van der Waals surface area (Å²) in [5.41, 5.74) is 2.03. The quantitative estimate of drug-likeness (QED) is 0.694. The summed E-state index contributed by atoms with van der Waals surface area (Å²) in [6, 6.07) is 14.4. The molecule has 0 unspecified atom stereocenters. The summed E-state index contributed by atoms with van der Waals surface area (Å²) in [6.45, 7) is 3.35. The van der Waals surface area contributed by atoms with Crippen LogP contribution in [0.5, 0.6) is 5.75 Å². The Bertz CT molecular complexity index is 968. The van der Waals surface area contributed by atoms with Crippen LogP contribution in [0, 0.1) is 5.82 Å². The van der Waals surface area contributed by atoms with E-state index in [0.717, 1.165) is 48.4 Å². The fourth-order valence-electron chi connectivity index (χ4n) is 3.77. The zero-order chi connectivity index (χ0) is 19.5. The molecule has 1 aliphatic heterocycles. The molecule has 2 heterocycles. The molecule has 28 heavy (non-hydrogen) atoms. The highest BCUT2D eigenvalue weighted by Crippen LogP contribution is 2.22. The van der Waals surface area contributed by atoms with Crippen LogP contribution in [0.2, 0.25) is 0 Å². The van der Waals surface area contributed by atoms with Gasteiger partial charge in [-0.3, -0.25) is 4.79 Å². The van der Waals surface area contributed by atoms with E-state index >= 15 is 0 Å². The van der Waals surface area contributed by atoms with Crippen molar-refractivity contribution < 1.29 is 13.9 Å². The van der Waals surface area contributed by atoms with Crippen LogP contribution in [0.3, 0.4) is 0 Å². The standard InChI is InChI=1S/C22H24FN3O2/c1-28-20-7-8-21-17(15-20)9-12-26(21)16-22(27)25-11-2-10-24(13-14-25)19-5-3-18(23)4-6-19/h3-9,12,15H,2,10-11,13-14,16H2,1H3. The summed E-state index contributed by atoms with van der Waals surface area (Å²) in [6.07, 6.45) is 2.84. The van der Waals surface area contributed by atoms with Crippen molar-refractivity contribution in [2.24, 2.45) is 0 Å². The van der Waals surface area contributed by atoms with Gasteiger partial charge < -0.3 is 19.1 Å². The minimum absolute atomic E-state index is 0.120. The van der Waals surface area contributed by atoms with Gasteiger partial charge in [-0.2, -0.15) is 0 Å². The summed E-state index contributed by atoms with van der Waals surface area (Å²) in [4.78, 5) is 17.0. The van der Waals surface area contributed by atoms with Crippen molar-refractivity contribution in [2.45, 2.75) is 13.0 Å². The Morgan fingerprint density at radius 3 is 2.64 bits per heavy atom. The molecule has 0 bridgehead atoms. The highest BCUT2D eigenvalue weighted by atomic mass is 19.1. The lowest BCUT2D eigenvalue weighted by Gasteiger charge is -2.24. The lowest BCUT2D eigenvalue weighted by Crippen LogP contribution is -2.37. The third-order valence-corrected chi connectivity index (χ3v) is 5.32. The van der Waals surface area contributed by atoms with E-state index in [-0.39, 0.29) is 11.7 Å². The Kier molecular flexibility index (Phi) is 5.19. The number of fused-ring (bicyclic) bond motifs is 1. The van der Waals surface area contributed by atoms with E-state index in [2.05, 4.69) is 4.90 Å². The molecule has 146 valence electrons. The first-order valence-corrected chi connectivity index (χ1v) is 9.55. The summed E-state index contributed by atoms with van der Waals surface area (Å²) in [5.74, 6) is 0.700. The number of nitrogens with zero attached hydrogens (tertiary/aromatic N) is 3. The number of carbonyl (C=O) groups excluding carboxylic acids is 1.